The minimum atomic E-state index is -1.52. The third kappa shape index (κ3) is 3.00. The van der Waals surface area contributed by atoms with Gasteiger partial charge in [0, 0.05) is 11.1 Å². The van der Waals surface area contributed by atoms with Crippen LogP contribution in [0.4, 0.5) is 5.69 Å². The summed E-state index contributed by atoms with van der Waals surface area (Å²) in [6.45, 7) is 0. The molecule has 3 rings (SSSR count). The fraction of sp³-hybridized carbons (Fsp3) is 0.0556. The molecule has 5 nitrogen and oxygen atoms in total. The van der Waals surface area contributed by atoms with E-state index < -0.39 is 17.6 Å². The van der Waals surface area contributed by atoms with Crippen molar-refractivity contribution in [3.63, 3.8) is 0 Å². The van der Waals surface area contributed by atoms with E-state index in [1.807, 2.05) is 30.3 Å². The van der Waals surface area contributed by atoms with Crippen LogP contribution in [0.2, 0.25) is 5.22 Å². The van der Waals surface area contributed by atoms with Gasteiger partial charge in [0.15, 0.2) is 16.9 Å². The number of Topliss-reactive ketones (excluding diaryl/α,β-unsaturated/α-hetero) is 1. The smallest absolute Gasteiger partial charge is 0.249 e. The average molecular weight is 339 g/mol. The number of carbonyl (C=O) groups excluding carboxylic acids is 2. The number of fused-ring (bicyclic) bond motifs is 1. The minimum Gasteiger partial charge on any atom is -0.442 e. The molecule has 0 aliphatic carbocycles. The number of hydrogen-bond acceptors (Lipinski definition) is 4. The van der Waals surface area contributed by atoms with E-state index in [0.29, 0.717) is 5.69 Å². The largest absolute Gasteiger partial charge is 0.442 e. The third-order valence-electron chi connectivity index (χ3n) is 3.52. The number of furan rings is 1. The van der Waals surface area contributed by atoms with Crippen LogP contribution in [0.5, 0.6) is 0 Å². The normalized spacial score (nSPS) is 11.7. The number of rotatable bonds is 4. The SMILES string of the molecule is N#C[C@@H](C(=O)Nc1cccc2ccccc12)C(=O)c1ccc(Cl)o1. The number of halogens is 1. The summed E-state index contributed by atoms with van der Waals surface area (Å²) in [5.41, 5.74) is 0.531. The van der Waals surface area contributed by atoms with Gasteiger partial charge >= 0.3 is 0 Å². The molecule has 118 valence electrons. The molecular weight excluding hydrogens is 328 g/mol. The second kappa shape index (κ2) is 6.57. The molecule has 0 saturated carbocycles. The molecule has 0 saturated heterocycles. The molecule has 1 N–H and O–H groups in total. The van der Waals surface area contributed by atoms with E-state index in [1.54, 1.807) is 18.2 Å². The van der Waals surface area contributed by atoms with Crippen LogP contribution in [0.15, 0.2) is 59.0 Å². The number of nitrogens with one attached hydrogen (secondary N) is 1. The van der Waals surface area contributed by atoms with Gasteiger partial charge in [0.1, 0.15) is 0 Å². The average Bonchev–Trinajstić information content (AvgIpc) is 3.02. The highest BCUT2D eigenvalue weighted by Crippen LogP contribution is 2.24. The van der Waals surface area contributed by atoms with E-state index >= 15 is 0 Å². The second-order valence-electron chi connectivity index (χ2n) is 5.05. The van der Waals surface area contributed by atoms with Crippen molar-refractivity contribution in [3.05, 3.63) is 65.6 Å². The van der Waals surface area contributed by atoms with Gasteiger partial charge in [-0.2, -0.15) is 5.26 Å². The maximum absolute atomic E-state index is 12.4. The summed E-state index contributed by atoms with van der Waals surface area (Å²) in [7, 11) is 0. The van der Waals surface area contributed by atoms with Gasteiger partial charge in [0.25, 0.3) is 0 Å². The number of benzene rings is 2. The summed E-state index contributed by atoms with van der Waals surface area (Å²) < 4.78 is 4.98. The molecule has 0 aliphatic heterocycles. The molecule has 24 heavy (non-hydrogen) atoms. The Balaban J connectivity index is 1.87. The highest BCUT2D eigenvalue weighted by molar-refractivity contribution is 6.29. The number of amides is 1. The van der Waals surface area contributed by atoms with E-state index in [2.05, 4.69) is 5.32 Å². The molecule has 3 aromatic rings. The van der Waals surface area contributed by atoms with Crippen LogP contribution in [0, 0.1) is 17.2 Å². The molecule has 1 heterocycles. The molecule has 6 heteroatoms. The molecule has 0 fully saturated rings. The molecule has 0 spiro atoms. The van der Waals surface area contributed by atoms with E-state index in [0.717, 1.165) is 10.8 Å². The Bertz CT molecular complexity index is 966. The molecular formula is C18H11ClN2O3. The topological polar surface area (TPSA) is 83.1 Å². The Morgan fingerprint density at radius 2 is 1.83 bits per heavy atom. The van der Waals surface area contributed by atoms with Crippen molar-refractivity contribution in [3.8, 4) is 6.07 Å². The van der Waals surface area contributed by atoms with Crippen molar-refractivity contribution in [2.24, 2.45) is 5.92 Å². The Morgan fingerprint density at radius 3 is 2.54 bits per heavy atom. The number of nitrogens with zero attached hydrogens (tertiary/aromatic N) is 1. The molecule has 1 atom stereocenters. The van der Waals surface area contributed by atoms with Crippen molar-refractivity contribution in [2.75, 3.05) is 5.32 Å². The fourth-order valence-corrected chi connectivity index (χ4v) is 2.51. The van der Waals surface area contributed by atoms with Crippen LogP contribution in [0.3, 0.4) is 0 Å². The zero-order valence-corrected chi connectivity index (χ0v) is 13.1. The summed E-state index contributed by atoms with van der Waals surface area (Å²) in [6.07, 6.45) is 0. The van der Waals surface area contributed by atoms with Crippen molar-refractivity contribution in [2.45, 2.75) is 0 Å². The lowest BCUT2D eigenvalue weighted by Gasteiger charge is -2.11. The zero-order chi connectivity index (χ0) is 17.1. The predicted molar refractivity (Wildman–Crippen MR) is 89.7 cm³/mol. The quantitative estimate of drug-likeness (QED) is 0.574. The van der Waals surface area contributed by atoms with E-state index in [1.165, 1.54) is 12.1 Å². The highest BCUT2D eigenvalue weighted by Gasteiger charge is 2.30. The summed E-state index contributed by atoms with van der Waals surface area (Å²) in [5.74, 6) is -3.10. The summed E-state index contributed by atoms with van der Waals surface area (Å²) in [6, 6.07) is 17.3. The first-order chi connectivity index (χ1) is 11.6. The van der Waals surface area contributed by atoms with Crippen LogP contribution < -0.4 is 5.32 Å². The fourth-order valence-electron chi connectivity index (χ4n) is 2.36. The first-order valence-corrected chi connectivity index (χ1v) is 7.46. The Kier molecular flexibility index (Phi) is 4.32. The lowest BCUT2D eigenvalue weighted by Crippen LogP contribution is -2.28. The summed E-state index contributed by atoms with van der Waals surface area (Å²) in [4.78, 5) is 24.6. The van der Waals surface area contributed by atoms with Crippen LogP contribution in [0.25, 0.3) is 10.8 Å². The van der Waals surface area contributed by atoms with Crippen LogP contribution in [0.1, 0.15) is 10.6 Å². The van der Waals surface area contributed by atoms with E-state index in [-0.39, 0.29) is 11.0 Å². The maximum atomic E-state index is 12.4. The lowest BCUT2D eigenvalue weighted by molar-refractivity contribution is -0.117. The van der Waals surface area contributed by atoms with Gasteiger partial charge in [-0.05, 0) is 35.2 Å². The summed E-state index contributed by atoms with van der Waals surface area (Å²) >= 11 is 5.62. The van der Waals surface area contributed by atoms with Crippen molar-refractivity contribution < 1.29 is 14.0 Å². The van der Waals surface area contributed by atoms with Crippen molar-refractivity contribution in [1.82, 2.24) is 0 Å². The number of nitriles is 1. The molecule has 0 bridgehead atoms. The number of anilines is 1. The standard InChI is InChI=1S/C18H11ClN2O3/c19-16-9-8-15(24-16)17(22)13(10-20)18(23)21-14-7-3-5-11-4-1-2-6-12(11)14/h1-9,13H,(H,21,23)/t13-/m1/s1. The molecule has 0 aliphatic rings. The van der Waals surface area contributed by atoms with Crippen molar-refractivity contribution >= 4 is 39.8 Å². The van der Waals surface area contributed by atoms with Gasteiger partial charge in [-0.25, -0.2) is 0 Å². The predicted octanol–water partition coefficient (Wildman–Crippen LogP) is 4.05. The first kappa shape index (κ1) is 15.8. The number of hydrogen-bond donors (Lipinski definition) is 1. The lowest BCUT2D eigenvalue weighted by atomic mass is 10.0. The number of ketones is 1. The Labute approximate surface area is 142 Å². The van der Waals surface area contributed by atoms with Gasteiger partial charge in [0.2, 0.25) is 11.7 Å². The van der Waals surface area contributed by atoms with Crippen LogP contribution >= 0.6 is 11.6 Å². The van der Waals surface area contributed by atoms with E-state index in [4.69, 9.17) is 16.0 Å². The van der Waals surface area contributed by atoms with Gasteiger partial charge in [-0.3, -0.25) is 9.59 Å². The van der Waals surface area contributed by atoms with Crippen molar-refractivity contribution in [1.29, 1.82) is 5.26 Å². The summed E-state index contributed by atoms with van der Waals surface area (Å²) in [5, 5.41) is 13.6. The Hall–Kier alpha value is -3.10. The van der Waals surface area contributed by atoms with Gasteiger partial charge < -0.3 is 9.73 Å². The molecule has 1 aromatic heterocycles. The molecule has 0 unspecified atom stereocenters. The molecule has 1 amide bonds. The number of carbonyl (C=O) groups is 2. The van der Waals surface area contributed by atoms with E-state index in [9.17, 15) is 14.9 Å². The molecule has 0 radical (unpaired) electrons. The second-order valence-corrected chi connectivity index (χ2v) is 5.42. The zero-order valence-electron chi connectivity index (χ0n) is 12.3. The van der Waals surface area contributed by atoms with Gasteiger partial charge in [-0.1, -0.05) is 36.4 Å². The highest BCUT2D eigenvalue weighted by atomic mass is 35.5. The first-order valence-electron chi connectivity index (χ1n) is 7.08. The third-order valence-corrected chi connectivity index (χ3v) is 3.72. The monoisotopic (exact) mass is 338 g/mol. The van der Waals surface area contributed by atoms with Crippen LogP contribution in [-0.2, 0) is 4.79 Å². The minimum absolute atomic E-state index is 0.0181. The maximum Gasteiger partial charge on any atom is 0.249 e. The Morgan fingerprint density at radius 1 is 1.08 bits per heavy atom. The molecule has 2 aromatic carbocycles. The van der Waals surface area contributed by atoms with Gasteiger partial charge in [0.05, 0.1) is 6.07 Å². The van der Waals surface area contributed by atoms with Crippen LogP contribution in [-0.4, -0.2) is 11.7 Å². The van der Waals surface area contributed by atoms with Gasteiger partial charge in [-0.15, -0.1) is 0 Å².